The third-order valence-electron chi connectivity index (χ3n) is 4.80. The zero-order valence-electron chi connectivity index (χ0n) is 17.6. The number of hydrogen-bond acceptors (Lipinski definition) is 9. The van der Waals surface area contributed by atoms with Crippen LogP contribution in [0.4, 0.5) is 17.1 Å². The van der Waals surface area contributed by atoms with Crippen LogP contribution in [0.25, 0.3) is 0 Å². The van der Waals surface area contributed by atoms with Gasteiger partial charge in [0.05, 0.1) is 46.6 Å². The van der Waals surface area contributed by atoms with Crippen molar-refractivity contribution in [3.63, 3.8) is 0 Å². The predicted octanol–water partition coefficient (Wildman–Crippen LogP) is 1.67. The van der Waals surface area contributed by atoms with Crippen LogP contribution in [0.3, 0.4) is 0 Å². The Hall–Kier alpha value is -3.51. The molecule has 3 rings (SSSR count). The zero-order chi connectivity index (χ0) is 24.0. The fraction of sp³-hybridized carbons (Fsp3) is 0.182. The topological polar surface area (TPSA) is 172 Å². The van der Waals surface area contributed by atoms with Gasteiger partial charge in [-0.05, 0) is 60.7 Å². The maximum atomic E-state index is 11.2. The van der Waals surface area contributed by atoms with Crippen LogP contribution in [-0.4, -0.2) is 60.9 Å². The van der Waals surface area contributed by atoms with Crippen molar-refractivity contribution < 1.29 is 23.2 Å². The van der Waals surface area contributed by atoms with Crippen LogP contribution in [0, 0.1) is 5.41 Å². The van der Waals surface area contributed by atoms with Crippen molar-refractivity contribution in [1.82, 2.24) is 0 Å². The molecule has 0 saturated carbocycles. The first-order valence-corrected chi connectivity index (χ1v) is 11.4. The van der Waals surface area contributed by atoms with Crippen molar-refractivity contribution in [2.24, 2.45) is 10.7 Å². The average Bonchev–Trinajstić information content (AvgIpc) is 2.77. The minimum atomic E-state index is -4.30. The molecule has 10 nitrogen and oxygen atoms in total. The SMILES string of the molecule is N=C1C=C(N)C(Nc2ccc(N(CCO)CCO)cc2)=CC1=Nc1ccc(S(=O)(=O)O)cc1. The lowest BCUT2D eigenvalue weighted by Gasteiger charge is -2.23. The molecule has 2 aromatic rings. The van der Waals surface area contributed by atoms with E-state index in [0.717, 1.165) is 11.4 Å². The summed E-state index contributed by atoms with van der Waals surface area (Å²) >= 11 is 0. The Balaban J connectivity index is 1.81. The number of benzene rings is 2. The molecule has 0 heterocycles. The van der Waals surface area contributed by atoms with E-state index in [4.69, 9.17) is 15.7 Å². The highest BCUT2D eigenvalue weighted by molar-refractivity contribution is 7.85. The van der Waals surface area contributed by atoms with E-state index in [9.17, 15) is 18.6 Å². The highest BCUT2D eigenvalue weighted by atomic mass is 32.2. The van der Waals surface area contributed by atoms with Crippen molar-refractivity contribution in [3.8, 4) is 0 Å². The van der Waals surface area contributed by atoms with Gasteiger partial charge in [-0.25, -0.2) is 4.99 Å². The smallest absolute Gasteiger partial charge is 0.294 e. The van der Waals surface area contributed by atoms with Crippen LogP contribution in [-0.2, 0) is 10.1 Å². The van der Waals surface area contributed by atoms with Crippen LogP contribution in [0.2, 0.25) is 0 Å². The Morgan fingerprint density at radius 3 is 2.12 bits per heavy atom. The van der Waals surface area contributed by atoms with Crippen molar-refractivity contribution in [3.05, 3.63) is 72.1 Å². The van der Waals surface area contributed by atoms with E-state index in [1.165, 1.54) is 30.3 Å². The largest absolute Gasteiger partial charge is 0.397 e. The standard InChI is InChI=1S/C22H25N5O5S/c23-19-13-20(24)22(26-16-3-7-18(8-4-16)33(30,31)32)14-21(19)25-15-1-5-17(6-2-15)27(9-11-28)10-12-29/h1-8,13-14,24-25,28-29H,9-12,23H2,(H,30,31,32). The van der Waals surface area contributed by atoms with Gasteiger partial charge >= 0.3 is 0 Å². The Kier molecular flexibility index (Phi) is 7.61. The lowest BCUT2D eigenvalue weighted by Crippen LogP contribution is -2.29. The maximum absolute atomic E-state index is 11.2. The molecule has 1 aliphatic carbocycles. The summed E-state index contributed by atoms with van der Waals surface area (Å²) in [5.41, 5.74) is 9.37. The maximum Gasteiger partial charge on any atom is 0.294 e. The minimum absolute atomic E-state index is 0.0270. The number of hydrogen-bond donors (Lipinski definition) is 6. The minimum Gasteiger partial charge on any atom is -0.397 e. The number of aliphatic hydroxyl groups excluding tert-OH is 2. The number of rotatable bonds is 9. The number of anilines is 2. The Bertz CT molecular complexity index is 1200. The lowest BCUT2D eigenvalue weighted by molar-refractivity contribution is 0.281. The van der Waals surface area contributed by atoms with Crippen molar-refractivity contribution >= 4 is 38.6 Å². The number of nitrogens with two attached hydrogens (primary N) is 1. The molecule has 0 saturated heterocycles. The Labute approximate surface area is 191 Å². The first kappa shape index (κ1) is 24.1. The number of nitrogens with one attached hydrogen (secondary N) is 2. The molecule has 0 bridgehead atoms. The fourth-order valence-corrected chi connectivity index (χ4v) is 3.64. The Morgan fingerprint density at radius 2 is 1.58 bits per heavy atom. The van der Waals surface area contributed by atoms with E-state index in [1.54, 1.807) is 6.08 Å². The molecular weight excluding hydrogens is 446 g/mol. The molecule has 0 amide bonds. The summed E-state index contributed by atoms with van der Waals surface area (Å²) in [6.07, 6.45) is 3.08. The number of nitrogens with zero attached hydrogens (tertiary/aromatic N) is 2. The fourth-order valence-electron chi connectivity index (χ4n) is 3.16. The molecule has 11 heteroatoms. The predicted molar refractivity (Wildman–Crippen MR) is 128 cm³/mol. The van der Waals surface area contributed by atoms with Gasteiger partial charge in [0.1, 0.15) is 0 Å². The second-order valence-electron chi connectivity index (χ2n) is 7.14. The summed E-state index contributed by atoms with van der Waals surface area (Å²) in [5.74, 6) is 0. The molecule has 0 atom stereocenters. The third kappa shape index (κ3) is 6.26. The monoisotopic (exact) mass is 471 g/mol. The summed E-state index contributed by atoms with van der Waals surface area (Å²) in [6, 6.07) is 12.7. The van der Waals surface area contributed by atoms with Gasteiger partial charge in [-0.3, -0.25) is 9.96 Å². The molecule has 0 spiro atoms. The number of aliphatic hydroxyl groups is 2. The molecule has 0 fully saturated rings. The molecule has 0 aromatic heterocycles. The quantitative estimate of drug-likeness (QED) is 0.237. The summed E-state index contributed by atoms with van der Waals surface area (Å²) in [5, 5.41) is 29.7. The third-order valence-corrected chi connectivity index (χ3v) is 5.67. The molecule has 33 heavy (non-hydrogen) atoms. The summed E-state index contributed by atoms with van der Waals surface area (Å²) in [4.78, 5) is 5.99. The van der Waals surface area contributed by atoms with E-state index in [-0.39, 0.29) is 23.8 Å². The second-order valence-corrected chi connectivity index (χ2v) is 8.57. The summed E-state index contributed by atoms with van der Waals surface area (Å²) in [6.45, 7) is 0.754. The molecule has 0 unspecified atom stereocenters. The molecule has 7 N–H and O–H groups in total. The number of allylic oxidation sites excluding steroid dienone is 2. The number of aliphatic imine (C=N–C) groups is 1. The van der Waals surface area contributed by atoms with Gasteiger partial charge in [0.2, 0.25) is 0 Å². The van der Waals surface area contributed by atoms with Crippen LogP contribution in [0.15, 0.2) is 82.0 Å². The normalized spacial score (nSPS) is 15.2. The highest BCUT2D eigenvalue weighted by Gasteiger charge is 2.16. The van der Waals surface area contributed by atoms with E-state index in [0.29, 0.717) is 35.9 Å². The van der Waals surface area contributed by atoms with E-state index < -0.39 is 10.1 Å². The molecule has 0 radical (unpaired) electrons. The first-order chi connectivity index (χ1) is 15.7. The molecule has 1 aliphatic rings. The van der Waals surface area contributed by atoms with Gasteiger partial charge in [0, 0.05) is 24.5 Å². The van der Waals surface area contributed by atoms with Crippen LogP contribution < -0.4 is 16.0 Å². The van der Waals surface area contributed by atoms with Gasteiger partial charge in [-0.1, -0.05) is 0 Å². The van der Waals surface area contributed by atoms with Gasteiger partial charge in [0.15, 0.2) is 0 Å². The average molecular weight is 472 g/mol. The van der Waals surface area contributed by atoms with Crippen molar-refractivity contribution in [1.29, 1.82) is 5.41 Å². The van der Waals surface area contributed by atoms with Crippen LogP contribution >= 0.6 is 0 Å². The zero-order valence-corrected chi connectivity index (χ0v) is 18.5. The second kappa shape index (κ2) is 10.4. The Morgan fingerprint density at radius 1 is 0.970 bits per heavy atom. The van der Waals surface area contributed by atoms with Crippen molar-refractivity contribution in [2.45, 2.75) is 4.90 Å². The van der Waals surface area contributed by atoms with Crippen molar-refractivity contribution in [2.75, 3.05) is 36.5 Å². The molecule has 0 aliphatic heterocycles. The van der Waals surface area contributed by atoms with E-state index in [2.05, 4.69) is 10.3 Å². The van der Waals surface area contributed by atoms with Crippen LogP contribution in [0.5, 0.6) is 0 Å². The van der Waals surface area contributed by atoms with Gasteiger partial charge in [-0.15, -0.1) is 0 Å². The summed E-state index contributed by atoms with van der Waals surface area (Å²) < 4.78 is 31.5. The van der Waals surface area contributed by atoms with Crippen LogP contribution in [0.1, 0.15) is 0 Å². The first-order valence-electron chi connectivity index (χ1n) is 9.99. The van der Waals surface area contributed by atoms with E-state index in [1.807, 2.05) is 29.2 Å². The summed E-state index contributed by atoms with van der Waals surface area (Å²) in [7, 11) is -4.30. The molecular formula is C22H25N5O5S. The van der Waals surface area contributed by atoms with Gasteiger partial charge < -0.3 is 26.2 Å². The lowest BCUT2D eigenvalue weighted by atomic mass is 10.0. The van der Waals surface area contributed by atoms with E-state index >= 15 is 0 Å². The molecule has 2 aromatic carbocycles. The van der Waals surface area contributed by atoms with Gasteiger partial charge in [-0.2, -0.15) is 8.42 Å². The van der Waals surface area contributed by atoms with Gasteiger partial charge in [0.25, 0.3) is 10.1 Å². The highest BCUT2D eigenvalue weighted by Crippen LogP contribution is 2.23. The molecule has 174 valence electrons.